The van der Waals surface area contributed by atoms with Gasteiger partial charge >= 0.3 is 0 Å². The molecule has 1 aromatic heterocycles. The molecule has 3 aromatic carbocycles. The molecular weight excluding hydrogens is 466 g/mol. The highest BCUT2D eigenvalue weighted by Crippen LogP contribution is 2.19. The van der Waals surface area contributed by atoms with E-state index in [4.69, 9.17) is 4.42 Å². The number of fused-ring (bicyclic) bond motifs is 1. The van der Waals surface area contributed by atoms with Crippen LogP contribution in [0.2, 0.25) is 0 Å². The average molecular weight is 492 g/mol. The van der Waals surface area contributed by atoms with E-state index in [2.05, 4.69) is 15.4 Å². The third kappa shape index (κ3) is 6.34. The molecule has 35 heavy (non-hydrogen) atoms. The molecule has 0 bridgehead atoms. The van der Waals surface area contributed by atoms with Crippen molar-refractivity contribution in [3.8, 4) is 0 Å². The van der Waals surface area contributed by atoms with Gasteiger partial charge in [0.25, 0.3) is 5.91 Å². The molecule has 0 aliphatic rings. The van der Waals surface area contributed by atoms with Gasteiger partial charge in [-0.15, -0.1) is 0 Å². The molecule has 0 spiro atoms. The number of furan rings is 1. The van der Waals surface area contributed by atoms with Crippen molar-refractivity contribution in [2.24, 2.45) is 0 Å². The molecular formula is C26H25N3O5S. The molecule has 1 heterocycles. The number of carbonyl (C=O) groups is 2. The summed E-state index contributed by atoms with van der Waals surface area (Å²) in [7, 11) is -3.98. The normalized spacial score (nSPS) is 12.2. The van der Waals surface area contributed by atoms with E-state index >= 15 is 0 Å². The molecule has 4 aromatic rings. The molecule has 8 nitrogen and oxygen atoms in total. The molecule has 180 valence electrons. The van der Waals surface area contributed by atoms with Crippen LogP contribution in [0.4, 0.5) is 0 Å². The fourth-order valence-electron chi connectivity index (χ4n) is 3.61. The third-order valence-corrected chi connectivity index (χ3v) is 6.85. The molecule has 0 saturated heterocycles. The first kappa shape index (κ1) is 24.2. The number of sulfonamides is 1. The number of amides is 2. The summed E-state index contributed by atoms with van der Waals surface area (Å²) in [5.74, 6) is -0.728. The van der Waals surface area contributed by atoms with Crippen molar-refractivity contribution in [1.29, 1.82) is 0 Å². The van der Waals surface area contributed by atoms with Crippen molar-refractivity contribution in [3.63, 3.8) is 0 Å². The fraction of sp³-hybridized carbons (Fsp3) is 0.154. The second kappa shape index (κ2) is 11.0. The summed E-state index contributed by atoms with van der Waals surface area (Å²) in [4.78, 5) is 25.0. The summed E-state index contributed by atoms with van der Waals surface area (Å²) in [6.07, 6.45) is 1.56. The highest BCUT2D eigenvalue weighted by Gasteiger charge is 2.26. The lowest BCUT2D eigenvalue weighted by Crippen LogP contribution is -2.49. The molecule has 4 rings (SSSR count). The zero-order valence-corrected chi connectivity index (χ0v) is 19.6. The van der Waals surface area contributed by atoms with E-state index < -0.39 is 27.9 Å². The molecule has 2 amide bonds. The van der Waals surface area contributed by atoms with Gasteiger partial charge in [-0.1, -0.05) is 60.7 Å². The Morgan fingerprint density at radius 1 is 0.800 bits per heavy atom. The number of rotatable bonds is 10. The zero-order chi connectivity index (χ0) is 24.7. The maximum atomic E-state index is 13.2. The van der Waals surface area contributed by atoms with E-state index in [-0.39, 0.29) is 30.2 Å². The Morgan fingerprint density at radius 2 is 1.51 bits per heavy atom. The van der Waals surface area contributed by atoms with Gasteiger partial charge in [-0.3, -0.25) is 9.59 Å². The van der Waals surface area contributed by atoms with Crippen LogP contribution < -0.4 is 15.4 Å². The SMILES string of the molecule is O=C(NCCNC(=O)C(Cc1ccccc1)NS(=O)(=O)c1ccc2ccccc2c1)c1ccco1. The summed E-state index contributed by atoms with van der Waals surface area (Å²) in [5, 5.41) is 7.03. The number of carbonyl (C=O) groups excluding carboxylic acids is 2. The first-order valence-electron chi connectivity index (χ1n) is 11.1. The number of hydrogen-bond acceptors (Lipinski definition) is 5. The van der Waals surface area contributed by atoms with Gasteiger partial charge in [-0.2, -0.15) is 4.72 Å². The van der Waals surface area contributed by atoms with Crippen molar-refractivity contribution in [2.45, 2.75) is 17.4 Å². The summed E-state index contributed by atoms with van der Waals surface area (Å²) in [6.45, 7) is 0.273. The Balaban J connectivity index is 1.45. The lowest BCUT2D eigenvalue weighted by molar-refractivity contribution is -0.122. The van der Waals surface area contributed by atoms with Gasteiger partial charge in [0.1, 0.15) is 6.04 Å². The molecule has 1 unspecified atom stereocenters. The summed E-state index contributed by atoms with van der Waals surface area (Å²) < 4.78 is 33.9. The van der Waals surface area contributed by atoms with Crippen molar-refractivity contribution in [3.05, 3.63) is 103 Å². The molecule has 1 atom stereocenters. The second-order valence-electron chi connectivity index (χ2n) is 7.90. The maximum absolute atomic E-state index is 13.2. The van der Waals surface area contributed by atoms with Crippen molar-refractivity contribution < 1.29 is 22.4 Å². The highest BCUT2D eigenvalue weighted by atomic mass is 32.2. The van der Waals surface area contributed by atoms with Crippen LogP contribution in [0.3, 0.4) is 0 Å². The first-order chi connectivity index (χ1) is 16.9. The molecule has 0 aliphatic heterocycles. The van der Waals surface area contributed by atoms with E-state index in [1.165, 1.54) is 18.4 Å². The minimum absolute atomic E-state index is 0.0766. The molecule has 0 fully saturated rings. The molecule has 9 heteroatoms. The van der Waals surface area contributed by atoms with Crippen molar-refractivity contribution >= 4 is 32.6 Å². The molecule has 0 aliphatic carbocycles. The maximum Gasteiger partial charge on any atom is 0.287 e. The molecule has 0 saturated carbocycles. The predicted octanol–water partition coefficient (Wildman–Crippen LogP) is 2.87. The van der Waals surface area contributed by atoms with Gasteiger partial charge in [0, 0.05) is 13.1 Å². The lowest BCUT2D eigenvalue weighted by Gasteiger charge is -2.19. The van der Waals surface area contributed by atoms with E-state index in [1.54, 1.807) is 18.2 Å². The van der Waals surface area contributed by atoms with E-state index in [9.17, 15) is 18.0 Å². The van der Waals surface area contributed by atoms with Gasteiger partial charge < -0.3 is 15.1 Å². The average Bonchev–Trinajstić information content (AvgIpc) is 3.41. The van der Waals surface area contributed by atoms with Gasteiger partial charge in [-0.05, 0) is 47.0 Å². The summed E-state index contributed by atoms with van der Waals surface area (Å²) in [5.41, 5.74) is 0.806. The predicted molar refractivity (Wildman–Crippen MR) is 132 cm³/mol. The molecule has 3 N–H and O–H groups in total. The van der Waals surface area contributed by atoms with Gasteiger partial charge in [-0.25, -0.2) is 8.42 Å². The summed E-state index contributed by atoms with van der Waals surface area (Å²) in [6, 6.07) is 23.5. The first-order valence-corrected chi connectivity index (χ1v) is 12.6. The van der Waals surface area contributed by atoms with Crippen LogP contribution in [0.15, 0.2) is 101 Å². The third-order valence-electron chi connectivity index (χ3n) is 5.38. The topological polar surface area (TPSA) is 118 Å². The fourth-order valence-corrected chi connectivity index (χ4v) is 4.84. The standard InChI is InChI=1S/C26H25N3O5S/c30-25(27-14-15-28-26(31)24-11-6-16-34-24)23(17-19-7-2-1-3-8-19)29-35(32,33)22-13-12-20-9-4-5-10-21(20)18-22/h1-13,16,18,23,29H,14-15,17H2,(H,27,30)(H,28,31). The lowest BCUT2D eigenvalue weighted by atomic mass is 10.1. The largest absolute Gasteiger partial charge is 0.459 e. The highest BCUT2D eigenvalue weighted by molar-refractivity contribution is 7.89. The Hall–Kier alpha value is -3.95. The van der Waals surface area contributed by atoms with Crippen LogP contribution in [-0.4, -0.2) is 39.4 Å². The molecule has 0 radical (unpaired) electrons. The van der Waals surface area contributed by atoms with E-state index in [0.29, 0.717) is 0 Å². The van der Waals surface area contributed by atoms with Crippen LogP contribution in [0.1, 0.15) is 16.1 Å². The van der Waals surface area contributed by atoms with Crippen LogP contribution >= 0.6 is 0 Å². The number of hydrogen-bond donors (Lipinski definition) is 3. The van der Waals surface area contributed by atoms with Crippen LogP contribution in [0, 0.1) is 0 Å². The van der Waals surface area contributed by atoms with E-state index in [0.717, 1.165) is 16.3 Å². The number of benzene rings is 3. The van der Waals surface area contributed by atoms with Crippen LogP contribution in [0.5, 0.6) is 0 Å². The van der Waals surface area contributed by atoms with Gasteiger partial charge in [0.2, 0.25) is 15.9 Å². The Kier molecular flexibility index (Phi) is 7.59. The second-order valence-corrected chi connectivity index (χ2v) is 9.61. The quantitative estimate of drug-likeness (QED) is 0.295. The van der Waals surface area contributed by atoms with Crippen molar-refractivity contribution in [2.75, 3.05) is 13.1 Å². The summed E-state index contributed by atoms with van der Waals surface area (Å²) >= 11 is 0. The smallest absolute Gasteiger partial charge is 0.287 e. The van der Waals surface area contributed by atoms with Gasteiger partial charge in [0.05, 0.1) is 11.2 Å². The Bertz CT molecular complexity index is 1400. The van der Waals surface area contributed by atoms with Crippen LogP contribution in [-0.2, 0) is 21.2 Å². The minimum atomic E-state index is -3.98. The van der Waals surface area contributed by atoms with Crippen molar-refractivity contribution in [1.82, 2.24) is 15.4 Å². The van der Waals surface area contributed by atoms with Crippen LogP contribution in [0.25, 0.3) is 10.8 Å². The minimum Gasteiger partial charge on any atom is -0.459 e. The Morgan fingerprint density at radius 3 is 2.26 bits per heavy atom. The number of nitrogens with one attached hydrogen (secondary N) is 3. The van der Waals surface area contributed by atoms with Gasteiger partial charge in [0.15, 0.2) is 5.76 Å². The van der Waals surface area contributed by atoms with E-state index in [1.807, 2.05) is 54.6 Å². The Labute approximate surface area is 203 Å². The monoisotopic (exact) mass is 491 g/mol. The zero-order valence-electron chi connectivity index (χ0n) is 18.8.